The number of aromatic amines is 1. The van der Waals surface area contributed by atoms with Crippen LogP contribution in [-0.2, 0) is 13.0 Å². The van der Waals surface area contributed by atoms with Crippen LogP contribution < -0.4 is 10.6 Å². The van der Waals surface area contributed by atoms with Crippen LogP contribution in [-0.4, -0.2) is 33.2 Å². The van der Waals surface area contributed by atoms with Crippen LogP contribution in [0.4, 0.5) is 9.18 Å². The lowest BCUT2D eigenvalue weighted by atomic mass is 10.1. The molecule has 0 saturated heterocycles. The molecule has 3 aromatic rings. The number of imidazole rings is 1. The van der Waals surface area contributed by atoms with E-state index in [9.17, 15) is 9.18 Å². The summed E-state index contributed by atoms with van der Waals surface area (Å²) in [4.78, 5) is 19.0. The van der Waals surface area contributed by atoms with Crippen molar-refractivity contribution >= 4 is 16.9 Å². The fraction of sp³-hybridized carbons (Fsp3) is 0.294. The number of H-pyrrole nitrogens is 1. The van der Waals surface area contributed by atoms with Gasteiger partial charge in [0, 0.05) is 48.6 Å². The minimum Gasteiger partial charge on any atom is -0.361 e. The quantitative estimate of drug-likeness (QED) is 0.650. The second-order valence-corrected chi connectivity index (χ2v) is 5.81. The SMILES string of the molecule is C[C@@H](Cn1ccnc1)NC(=O)NCCc1c[nH]c2ccc(F)cc12. The maximum Gasteiger partial charge on any atom is 0.315 e. The number of hydrogen-bond acceptors (Lipinski definition) is 2. The molecule has 0 aliphatic rings. The van der Waals surface area contributed by atoms with Gasteiger partial charge in [-0.25, -0.2) is 14.2 Å². The van der Waals surface area contributed by atoms with Crippen molar-refractivity contribution in [3.05, 3.63) is 54.5 Å². The van der Waals surface area contributed by atoms with Gasteiger partial charge in [-0.3, -0.25) is 0 Å². The molecular weight excluding hydrogens is 309 g/mol. The lowest BCUT2D eigenvalue weighted by Crippen LogP contribution is -2.43. The van der Waals surface area contributed by atoms with Crippen LogP contribution in [0.25, 0.3) is 10.9 Å². The summed E-state index contributed by atoms with van der Waals surface area (Å²) in [5, 5.41) is 6.56. The number of nitrogens with one attached hydrogen (secondary N) is 3. The van der Waals surface area contributed by atoms with E-state index < -0.39 is 0 Å². The Balaban J connectivity index is 1.46. The minimum atomic E-state index is -0.262. The Morgan fingerprint density at radius 3 is 3.12 bits per heavy atom. The largest absolute Gasteiger partial charge is 0.361 e. The molecule has 1 atom stereocenters. The average Bonchev–Trinajstić information content (AvgIpc) is 3.17. The smallest absolute Gasteiger partial charge is 0.315 e. The second-order valence-electron chi connectivity index (χ2n) is 5.81. The third kappa shape index (κ3) is 3.92. The number of carbonyl (C=O) groups excluding carboxylic acids is 1. The van der Waals surface area contributed by atoms with Gasteiger partial charge in [-0.1, -0.05) is 0 Å². The first-order chi connectivity index (χ1) is 11.6. The van der Waals surface area contributed by atoms with E-state index in [-0.39, 0.29) is 17.9 Å². The highest BCUT2D eigenvalue weighted by atomic mass is 19.1. The van der Waals surface area contributed by atoms with Gasteiger partial charge in [0.15, 0.2) is 0 Å². The number of benzene rings is 1. The lowest BCUT2D eigenvalue weighted by molar-refractivity contribution is 0.236. The number of urea groups is 1. The van der Waals surface area contributed by atoms with Crippen molar-refractivity contribution in [1.29, 1.82) is 0 Å². The van der Waals surface area contributed by atoms with Crippen molar-refractivity contribution in [3.8, 4) is 0 Å². The second kappa shape index (κ2) is 7.16. The van der Waals surface area contributed by atoms with Crippen molar-refractivity contribution in [2.45, 2.75) is 25.9 Å². The summed E-state index contributed by atoms with van der Waals surface area (Å²) in [6.45, 7) is 3.07. The molecule has 2 amide bonds. The molecule has 2 heterocycles. The first-order valence-corrected chi connectivity index (χ1v) is 7.87. The molecule has 0 aliphatic carbocycles. The summed E-state index contributed by atoms with van der Waals surface area (Å²) in [5.41, 5.74) is 1.88. The predicted octanol–water partition coefficient (Wildman–Crippen LogP) is 2.43. The number of fused-ring (bicyclic) bond motifs is 1. The molecule has 126 valence electrons. The van der Waals surface area contributed by atoms with E-state index in [0.29, 0.717) is 19.5 Å². The lowest BCUT2D eigenvalue weighted by Gasteiger charge is -2.15. The molecule has 0 unspecified atom stereocenters. The van der Waals surface area contributed by atoms with Gasteiger partial charge in [0.05, 0.1) is 6.33 Å². The summed E-state index contributed by atoms with van der Waals surface area (Å²) in [5.74, 6) is -0.262. The maximum atomic E-state index is 13.3. The van der Waals surface area contributed by atoms with Crippen molar-refractivity contribution < 1.29 is 9.18 Å². The van der Waals surface area contributed by atoms with E-state index in [1.165, 1.54) is 12.1 Å². The molecule has 3 rings (SSSR count). The molecule has 1 aromatic carbocycles. The van der Waals surface area contributed by atoms with Gasteiger partial charge in [-0.05, 0) is 37.1 Å². The molecule has 0 aliphatic heterocycles. The molecule has 0 bridgehead atoms. The Bertz CT molecular complexity index is 812. The Hall–Kier alpha value is -2.83. The van der Waals surface area contributed by atoms with Crippen LogP contribution in [0.1, 0.15) is 12.5 Å². The van der Waals surface area contributed by atoms with E-state index in [4.69, 9.17) is 0 Å². The van der Waals surface area contributed by atoms with E-state index >= 15 is 0 Å². The van der Waals surface area contributed by atoms with Gasteiger partial charge in [-0.15, -0.1) is 0 Å². The van der Waals surface area contributed by atoms with Crippen LogP contribution in [0.15, 0.2) is 43.1 Å². The molecule has 2 aromatic heterocycles. The fourth-order valence-corrected chi connectivity index (χ4v) is 2.70. The Kier molecular flexibility index (Phi) is 4.79. The zero-order chi connectivity index (χ0) is 16.9. The fourth-order valence-electron chi connectivity index (χ4n) is 2.70. The first-order valence-electron chi connectivity index (χ1n) is 7.87. The molecule has 0 saturated carbocycles. The predicted molar refractivity (Wildman–Crippen MR) is 90.2 cm³/mol. The van der Waals surface area contributed by atoms with Gasteiger partial charge in [-0.2, -0.15) is 0 Å². The van der Waals surface area contributed by atoms with Crippen molar-refractivity contribution in [1.82, 2.24) is 25.2 Å². The van der Waals surface area contributed by atoms with E-state index in [1.54, 1.807) is 18.6 Å². The highest BCUT2D eigenvalue weighted by Crippen LogP contribution is 2.19. The van der Waals surface area contributed by atoms with Gasteiger partial charge in [0.1, 0.15) is 5.82 Å². The molecule has 7 heteroatoms. The van der Waals surface area contributed by atoms with Crippen LogP contribution in [0.5, 0.6) is 0 Å². The number of aromatic nitrogens is 3. The van der Waals surface area contributed by atoms with Crippen LogP contribution in [0.2, 0.25) is 0 Å². The zero-order valence-electron chi connectivity index (χ0n) is 13.4. The number of nitrogens with zero attached hydrogens (tertiary/aromatic N) is 2. The standard InChI is InChI=1S/C17H20FN5O/c1-12(10-23-7-6-19-11-23)22-17(24)20-5-4-13-9-21-16-3-2-14(18)8-15(13)16/h2-3,6-9,11-12,21H,4-5,10H2,1H3,(H2,20,22,24)/t12-/m0/s1. The van der Waals surface area contributed by atoms with Crippen molar-refractivity contribution in [3.63, 3.8) is 0 Å². The van der Waals surface area contributed by atoms with Crippen LogP contribution in [0, 0.1) is 5.82 Å². The van der Waals surface area contributed by atoms with E-state index in [1.807, 2.05) is 23.9 Å². The molecule has 0 fully saturated rings. The zero-order valence-corrected chi connectivity index (χ0v) is 13.4. The number of halogens is 1. The molecule has 24 heavy (non-hydrogen) atoms. The van der Waals surface area contributed by atoms with Crippen LogP contribution >= 0.6 is 0 Å². The number of rotatable bonds is 6. The topological polar surface area (TPSA) is 74.7 Å². The summed E-state index contributed by atoms with van der Waals surface area (Å²) in [7, 11) is 0. The molecule has 6 nitrogen and oxygen atoms in total. The average molecular weight is 329 g/mol. The Labute approximate surface area is 139 Å². The summed E-state index contributed by atoms with van der Waals surface area (Å²) >= 11 is 0. The first kappa shape index (κ1) is 16.0. The minimum absolute atomic E-state index is 0.0126. The summed E-state index contributed by atoms with van der Waals surface area (Å²) in [6.07, 6.45) is 7.76. The third-order valence-electron chi connectivity index (χ3n) is 3.83. The highest BCUT2D eigenvalue weighted by Gasteiger charge is 2.08. The molecule has 0 radical (unpaired) electrons. The number of carbonyl (C=O) groups is 1. The van der Waals surface area contributed by atoms with Crippen LogP contribution in [0.3, 0.4) is 0 Å². The summed E-state index contributed by atoms with van der Waals surface area (Å²) in [6, 6.07) is 4.42. The maximum absolute atomic E-state index is 13.3. The van der Waals surface area contributed by atoms with Gasteiger partial charge in [0.2, 0.25) is 0 Å². The monoisotopic (exact) mass is 329 g/mol. The molecular formula is C17H20FN5O. The normalized spacial score (nSPS) is 12.2. The Morgan fingerprint density at radius 2 is 2.33 bits per heavy atom. The van der Waals surface area contributed by atoms with Gasteiger partial charge in [0.25, 0.3) is 0 Å². The van der Waals surface area contributed by atoms with Gasteiger partial charge >= 0.3 is 6.03 Å². The Morgan fingerprint density at radius 1 is 1.46 bits per heavy atom. The van der Waals surface area contributed by atoms with Crippen molar-refractivity contribution in [2.24, 2.45) is 0 Å². The molecule has 3 N–H and O–H groups in total. The van der Waals surface area contributed by atoms with E-state index in [0.717, 1.165) is 16.5 Å². The number of hydrogen-bond donors (Lipinski definition) is 3. The molecule has 0 spiro atoms. The number of amides is 2. The summed E-state index contributed by atoms with van der Waals surface area (Å²) < 4.78 is 15.3. The van der Waals surface area contributed by atoms with Crippen molar-refractivity contribution in [2.75, 3.05) is 6.54 Å². The third-order valence-corrected chi connectivity index (χ3v) is 3.83. The van der Waals surface area contributed by atoms with E-state index in [2.05, 4.69) is 20.6 Å². The highest BCUT2D eigenvalue weighted by molar-refractivity contribution is 5.83. The van der Waals surface area contributed by atoms with Gasteiger partial charge < -0.3 is 20.2 Å².